The molecule has 0 saturated carbocycles. The van der Waals surface area contributed by atoms with Gasteiger partial charge in [-0.05, 0) is 64.4 Å². The summed E-state index contributed by atoms with van der Waals surface area (Å²) in [6.45, 7) is 4.32. The van der Waals surface area contributed by atoms with Gasteiger partial charge in [0.05, 0.1) is 11.4 Å². The van der Waals surface area contributed by atoms with Crippen LogP contribution in [0.15, 0.2) is 17.1 Å². The number of aliphatic imine (C=N–C) groups is 1. The summed E-state index contributed by atoms with van der Waals surface area (Å²) in [5.41, 5.74) is 13.6. The molecule has 0 aromatic carbocycles. The van der Waals surface area contributed by atoms with Crippen LogP contribution >= 0.6 is 0 Å². The molecule has 0 aliphatic carbocycles. The Kier molecular flexibility index (Phi) is 4.37. The van der Waals surface area contributed by atoms with Crippen LogP contribution in [-0.2, 0) is 6.42 Å². The molecule has 5 heteroatoms. The summed E-state index contributed by atoms with van der Waals surface area (Å²) in [5, 5.41) is 0. The molecule has 0 unspecified atom stereocenters. The number of aryl methyl sites for hydroxylation is 1. The molecule has 2 heterocycles. The molecule has 4 N–H and O–H groups in total. The van der Waals surface area contributed by atoms with Crippen molar-refractivity contribution in [3.8, 4) is 0 Å². The zero-order valence-corrected chi connectivity index (χ0v) is 11.8. The zero-order chi connectivity index (χ0) is 13.8. The highest BCUT2D eigenvalue weighted by atomic mass is 15.1. The molecule has 0 bridgehead atoms. The topological polar surface area (TPSA) is 80.5 Å². The molecule has 1 fully saturated rings. The van der Waals surface area contributed by atoms with E-state index in [9.17, 15) is 0 Å². The van der Waals surface area contributed by atoms with Crippen molar-refractivity contribution in [2.45, 2.75) is 26.2 Å². The van der Waals surface area contributed by atoms with E-state index in [-0.39, 0.29) is 5.96 Å². The van der Waals surface area contributed by atoms with Crippen LogP contribution < -0.4 is 11.5 Å². The van der Waals surface area contributed by atoms with Crippen molar-refractivity contribution in [2.75, 3.05) is 20.1 Å². The van der Waals surface area contributed by atoms with Crippen molar-refractivity contribution < 1.29 is 0 Å². The fraction of sp³-hybridized carbons (Fsp3) is 0.571. The Morgan fingerprint density at radius 2 is 2.05 bits per heavy atom. The first-order valence-electron chi connectivity index (χ1n) is 6.79. The molecule has 1 aromatic heterocycles. The van der Waals surface area contributed by atoms with E-state index in [1.54, 1.807) is 0 Å². The van der Waals surface area contributed by atoms with Crippen LogP contribution in [0.2, 0.25) is 0 Å². The number of nitrogens with zero attached hydrogens (tertiary/aromatic N) is 3. The molecule has 104 valence electrons. The summed E-state index contributed by atoms with van der Waals surface area (Å²) >= 11 is 0. The maximum atomic E-state index is 5.39. The first-order valence-corrected chi connectivity index (χ1v) is 6.79. The van der Waals surface area contributed by atoms with Gasteiger partial charge in [0.25, 0.3) is 0 Å². The van der Waals surface area contributed by atoms with Crippen LogP contribution in [0, 0.1) is 12.8 Å². The maximum absolute atomic E-state index is 5.39. The van der Waals surface area contributed by atoms with Crippen LogP contribution in [0.3, 0.4) is 0 Å². The summed E-state index contributed by atoms with van der Waals surface area (Å²) < 4.78 is 0. The van der Waals surface area contributed by atoms with Crippen LogP contribution in [0.1, 0.15) is 24.2 Å². The van der Waals surface area contributed by atoms with Gasteiger partial charge in [0.2, 0.25) is 0 Å². The maximum Gasteiger partial charge on any atom is 0.191 e. The summed E-state index contributed by atoms with van der Waals surface area (Å²) in [6, 6.07) is 3.99. The third-order valence-corrected chi connectivity index (χ3v) is 3.70. The highest BCUT2D eigenvalue weighted by molar-refractivity contribution is 5.79. The lowest BCUT2D eigenvalue weighted by molar-refractivity contribution is 0.218. The second-order valence-corrected chi connectivity index (χ2v) is 5.39. The second kappa shape index (κ2) is 6.02. The van der Waals surface area contributed by atoms with Crippen molar-refractivity contribution in [1.29, 1.82) is 0 Å². The Morgan fingerprint density at radius 3 is 2.63 bits per heavy atom. The van der Waals surface area contributed by atoms with Crippen molar-refractivity contribution in [3.05, 3.63) is 23.5 Å². The minimum absolute atomic E-state index is 0.0768. The van der Waals surface area contributed by atoms with E-state index in [1.165, 1.54) is 25.9 Å². The van der Waals surface area contributed by atoms with Gasteiger partial charge < -0.3 is 16.4 Å². The minimum Gasteiger partial charge on any atom is -0.370 e. The average molecular weight is 261 g/mol. The number of nitrogens with two attached hydrogens (primary N) is 2. The van der Waals surface area contributed by atoms with Crippen LogP contribution in [-0.4, -0.2) is 36.0 Å². The first kappa shape index (κ1) is 13.8. The van der Waals surface area contributed by atoms with Gasteiger partial charge in [-0.2, -0.15) is 0 Å². The van der Waals surface area contributed by atoms with E-state index in [0.29, 0.717) is 0 Å². The summed E-state index contributed by atoms with van der Waals surface area (Å²) in [5.74, 6) is 0.824. The molecule has 0 spiro atoms. The molecule has 1 saturated heterocycles. The number of rotatable bonds is 3. The van der Waals surface area contributed by atoms with E-state index in [1.807, 2.05) is 19.1 Å². The molecule has 19 heavy (non-hydrogen) atoms. The number of aromatic nitrogens is 1. The van der Waals surface area contributed by atoms with Crippen molar-refractivity contribution in [2.24, 2.45) is 22.4 Å². The van der Waals surface area contributed by atoms with Gasteiger partial charge in [0, 0.05) is 5.69 Å². The molecular weight excluding hydrogens is 238 g/mol. The van der Waals surface area contributed by atoms with Crippen molar-refractivity contribution in [1.82, 2.24) is 9.88 Å². The Labute approximate surface area is 114 Å². The van der Waals surface area contributed by atoms with Crippen LogP contribution in [0.25, 0.3) is 0 Å². The fourth-order valence-electron chi connectivity index (χ4n) is 2.54. The smallest absolute Gasteiger partial charge is 0.191 e. The van der Waals surface area contributed by atoms with Gasteiger partial charge >= 0.3 is 0 Å². The lowest BCUT2D eigenvalue weighted by atomic mass is 9.92. The average Bonchev–Trinajstić information content (AvgIpc) is 2.35. The van der Waals surface area contributed by atoms with E-state index in [0.717, 1.165) is 29.4 Å². The molecule has 0 atom stereocenters. The predicted octanol–water partition coefficient (Wildman–Crippen LogP) is 1.18. The number of guanidine groups is 1. The third-order valence-electron chi connectivity index (χ3n) is 3.70. The van der Waals surface area contributed by atoms with E-state index >= 15 is 0 Å². The van der Waals surface area contributed by atoms with Gasteiger partial charge in [-0.3, -0.25) is 4.98 Å². The monoisotopic (exact) mass is 261 g/mol. The quantitative estimate of drug-likeness (QED) is 0.632. The number of pyridine rings is 1. The standard InChI is InChI=1S/C14H23N5/c1-10-13(18-14(15)16)4-3-12(17-10)9-11-5-7-19(2)8-6-11/h3-4,11H,5-9H2,1-2H3,(H4,15,16,18). The van der Waals surface area contributed by atoms with Gasteiger partial charge in [0.15, 0.2) is 5.96 Å². The third kappa shape index (κ3) is 3.92. The first-order chi connectivity index (χ1) is 9.04. The molecule has 1 aliphatic rings. The van der Waals surface area contributed by atoms with Crippen LogP contribution in [0.5, 0.6) is 0 Å². The second-order valence-electron chi connectivity index (χ2n) is 5.39. The SMILES string of the molecule is Cc1nc(CC2CCN(C)CC2)ccc1N=C(N)N. The highest BCUT2D eigenvalue weighted by Crippen LogP contribution is 2.22. The lowest BCUT2D eigenvalue weighted by Gasteiger charge is -2.28. The van der Waals surface area contributed by atoms with Crippen molar-refractivity contribution in [3.63, 3.8) is 0 Å². The van der Waals surface area contributed by atoms with Gasteiger partial charge in [-0.1, -0.05) is 0 Å². The largest absolute Gasteiger partial charge is 0.370 e. The minimum atomic E-state index is 0.0768. The predicted molar refractivity (Wildman–Crippen MR) is 78.4 cm³/mol. The number of likely N-dealkylation sites (tertiary alicyclic amines) is 1. The van der Waals surface area contributed by atoms with Crippen molar-refractivity contribution >= 4 is 11.6 Å². The van der Waals surface area contributed by atoms with E-state index < -0.39 is 0 Å². The number of hydrogen-bond donors (Lipinski definition) is 2. The zero-order valence-electron chi connectivity index (χ0n) is 11.8. The summed E-state index contributed by atoms with van der Waals surface area (Å²) in [4.78, 5) is 11.1. The lowest BCUT2D eigenvalue weighted by Crippen LogP contribution is -2.31. The van der Waals surface area contributed by atoms with E-state index in [2.05, 4.69) is 21.9 Å². The molecule has 1 aliphatic heterocycles. The van der Waals surface area contributed by atoms with Gasteiger partial charge in [0.1, 0.15) is 0 Å². The summed E-state index contributed by atoms with van der Waals surface area (Å²) in [6.07, 6.45) is 3.57. The Morgan fingerprint density at radius 1 is 1.37 bits per heavy atom. The normalized spacial score (nSPS) is 17.4. The molecule has 1 aromatic rings. The Hall–Kier alpha value is -1.62. The molecule has 2 rings (SSSR count). The number of piperidine rings is 1. The van der Waals surface area contributed by atoms with Gasteiger partial charge in [-0.25, -0.2) is 4.99 Å². The van der Waals surface area contributed by atoms with Gasteiger partial charge in [-0.15, -0.1) is 0 Å². The Bertz CT molecular complexity index is 457. The molecule has 0 amide bonds. The fourth-order valence-corrected chi connectivity index (χ4v) is 2.54. The van der Waals surface area contributed by atoms with Crippen LogP contribution in [0.4, 0.5) is 5.69 Å². The Balaban J connectivity index is 2.02. The summed E-state index contributed by atoms with van der Waals surface area (Å²) in [7, 11) is 2.18. The highest BCUT2D eigenvalue weighted by Gasteiger charge is 2.17. The molecule has 0 radical (unpaired) electrons. The molecular formula is C14H23N5. The molecule has 5 nitrogen and oxygen atoms in total. The van der Waals surface area contributed by atoms with E-state index in [4.69, 9.17) is 11.5 Å². The number of hydrogen-bond acceptors (Lipinski definition) is 3.